The second-order valence-corrected chi connectivity index (χ2v) is 6.39. The molecule has 2 rings (SSSR count). The summed E-state index contributed by atoms with van der Waals surface area (Å²) in [6, 6.07) is 8.05. The number of hydrogen-bond acceptors (Lipinski definition) is 5. The number of nitrogens with two attached hydrogens (primary N) is 1. The first kappa shape index (κ1) is 18.7. The van der Waals surface area contributed by atoms with E-state index in [9.17, 15) is 14.4 Å². The van der Waals surface area contributed by atoms with Crippen molar-refractivity contribution in [1.29, 1.82) is 0 Å². The van der Waals surface area contributed by atoms with E-state index >= 15 is 0 Å². The Hall–Kier alpha value is -2.67. The molecule has 0 radical (unpaired) electrons. The summed E-state index contributed by atoms with van der Waals surface area (Å²) in [6.07, 6.45) is 0. The summed E-state index contributed by atoms with van der Waals surface area (Å²) in [5.41, 5.74) is 6.71. The summed E-state index contributed by atoms with van der Waals surface area (Å²) in [6.45, 7) is 4.02. The predicted octanol–water partition coefficient (Wildman–Crippen LogP) is 0.850. The van der Waals surface area contributed by atoms with Gasteiger partial charge in [0.15, 0.2) is 5.78 Å². The first-order valence-corrected chi connectivity index (χ1v) is 8.00. The number of Topliss-reactive ketones (excluding diaryl/α,β-unsaturated/α-hetero) is 1. The van der Waals surface area contributed by atoms with Crippen molar-refractivity contribution in [1.82, 2.24) is 14.0 Å². The van der Waals surface area contributed by atoms with Crippen LogP contribution in [0.4, 0.5) is 5.82 Å². The molecule has 0 aliphatic rings. The first-order valence-electron chi connectivity index (χ1n) is 8.00. The number of benzene rings is 1. The standard InChI is InChI=1S/C18H24N4O3/c1-11-6-8-13(9-7-11)12(2)20(3)10-14(23)15-16(19)21(4)18(25)22(5)17(15)24/h6-9,12H,10,19H2,1-5H3/t12-/m0/s1. The Kier molecular flexibility index (Phi) is 5.27. The fourth-order valence-electron chi connectivity index (χ4n) is 2.66. The van der Waals surface area contributed by atoms with E-state index in [1.54, 1.807) is 0 Å². The zero-order valence-corrected chi connectivity index (χ0v) is 15.2. The molecule has 7 heteroatoms. The van der Waals surface area contributed by atoms with Gasteiger partial charge in [-0.1, -0.05) is 29.8 Å². The first-order chi connectivity index (χ1) is 11.6. The Morgan fingerprint density at radius 2 is 1.72 bits per heavy atom. The zero-order chi connectivity index (χ0) is 18.9. The van der Waals surface area contributed by atoms with Gasteiger partial charge in [0, 0.05) is 20.1 Å². The van der Waals surface area contributed by atoms with E-state index in [1.807, 2.05) is 50.1 Å². The number of ketones is 1. The van der Waals surface area contributed by atoms with E-state index in [2.05, 4.69) is 0 Å². The summed E-state index contributed by atoms with van der Waals surface area (Å²) in [5, 5.41) is 0. The molecule has 7 nitrogen and oxygen atoms in total. The number of aryl methyl sites for hydroxylation is 1. The van der Waals surface area contributed by atoms with Crippen LogP contribution in [0.2, 0.25) is 0 Å². The summed E-state index contributed by atoms with van der Waals surface area (Å²) in [7, 11) is 4.58. The van der Waals surface area contributed by atoms with Gasteiger partial charge >= 0.3 is 5.69 Å². The lowest BCUT2D eigenvalue weighted by Gasteiger charge is -2.24. The van der Waals surface area contributed by atoms with Gasteiger partial charge < -0.3 is 5.73 Å². The van der Waals surface area contributed by atoms with Crippen LogP contribution in [0.3, 0.4) is 0 Å². The number of nitrogens with zero attached hydrogens (tertiary/aromatic N) is 3. The monoisotopic (exact) mass is 344 g/mol. The van der Waals surface area contributed by atoms with E-state index < -0.39 is 17.0 Å². The fourth-order valence-corrected chi connectivity index (χ4v) is 2.66. The number of rotatable bonds is 5. The smallest absolute Gasteiger partial charge is 0.332 e. The molecule has 0 bridgehead atoms. The normalized spacial score (nSPS) is 12.4. The molecule has 134 valence electrons. The molecule has 0 spiro atoms. The van der Waals surface area contributed by atoms with E-state index in [0.717, 1.165) is 20.3 Å². The summed E-state index contributed by atoms with van der Waals surface area (Å²) < 4.78 is 2.00. The lowest BCUT2D eigenvalue weighted by Crippen LogP contribution is -2.43. The van der Waals surface area contributed by atoms with E-state index in [1.165, 1.54) is 14.1 Å². The van der Waals surface area contributed by atoms with E-state index in [4.69, 9.17) is 5.73 Å². The minimum absolute atomic E-state index is 0.0119. The number of likely N-dealkylation sites (N-methyl/N-ethyl adjacent to an activating group) is 1. The molecule has 0 amide bonds. The third-order valence-corrected chi connectivity index (χ3v) is 4.60. The Morgan fingerprint density at radius 3 is 2.28 bits per heavy atom. The van der Waals surface area contributed by atoms with Crippen molar-refractivity contribution in [2.75, 3.05) is 19.3 Å². The molecule has 0 aliphatic carbocycles. The highest BCUT2D eigenvalue weighted by Crippen LogP contribution is 2.19. The SMILES string of the molecule is Cc1ccc([C@H](C)N(C)CC(=O)c2c(N)n(C)c(=O)n(C)c2=O)cc1. The van der Waals surface area contributed by atoms with Gasteiger partial charge in [-0.15, -0.1) is 0 Å². The molecule has 1 aromatic carbocycles. The zero-order valence-electron chi connectivity index (χ0n) is 15.2. The molecule has 0 saturated heterocycles. The van der Waals surface area contributed by atoms with Gasteiger partial charge in [-0.05, 0) is 26.5 Å². The van der Waals surface area contributed by atoms with Crippen molar-refractivity contribution in [3.8, 4) is 0 Å². The minimum atomic E-state index is -0.665. The molecular formula is C18H24N4O3. The van der Waals surface area contributed by atoms with Crippen LogP contribution in [0.1, 0.15) is 34.5 Å². The number of carbonyl (C=O) groups is 1. The van der Waals surface area contributed by atoms with Gasteiger partial charge in [-0.25, -0.2) is 4.79 Å². The molecule has 0 aliphatic heterocycles. The Labute approximate surface area is 146 Å². The fraction of sp³-hybridized carbons (Fsp3) is 0.389. The highest BCUT2D eigenvalue weighted by molar-refractivity contribution is 6.01. The second kappa shape index (κ2) is 7.06. The third kappa shape index (κ3) is 3.56. The second-order valence-electron chi connectivity index (χ2n) is 6.39. The molecule has 2 N–H and O–H groups in total. The van der Waals surface area contributed by atoms with Crippen molar-refractivity contribution < 1.29 is 4.79 Å². The maximum atomic E-state index is 12.7. The average Bonchev–Trinajstić information content (AvgIpc) is 2.58. The maximum absolute atomic E-state index is 12.7. The van der Waals surface area contributed by atoms with E-state index in [-0.39, 0.29) is 24.0 Å². The van der Waals surface area contributed by atoms with Crippen LogP contribution in [0.25, 0.3) is 0 Å². The number of aromatic nitrogens is 2. The van der Waals surface area contributed by atoms with Crippen LogP contribution in [0, 0.1) is 6.92 Å². The van der Waals surface area contributed by atoms with Crippen molar-refractivity contribution in [3.05, 3.63) is 61.8 Å². The van der Waals surface area contributed by atoms with Gasteiger partial charge in [0.1, 0.15) is 11.4 Å². The highest BCUT2D eigenvalue weighted by atomic mass is 16.2. The molecule has 0 unspecified atom stereocenters. The van der Waals surface area contributed by atoms with Crippen molar-refractivity contribution in [2.24, 2.45) is 14.1 Å². The van der Waals surface area contributed by atoms with Crippen LogP contribution in [0.5, 0.6) is 0 Å². The van der Waals surface area contributed by atoms with E-state index in [0.29, 0.717) is 0 Å². The van der Waals surface area contributed by atoms with Gasteiger partial charge in [0.25, 0.3) is 5.56 Å². The number of carbonyl (C=O) groups excluding carboxylic acids is 1. The lowest BCUT2D eigenvalue weighted by atomic mass is 10.0. The topological polar surface area (TPSA) is 90.3 Å². The molecule has 25 heavy (non-hydrogen) atoms. The molecule has 1 heterocycles. The van der Waals surface area contributed by atoms with Gasteiger partial charge in [-0.2, -0.15) is 0 Å². The number of nitrogen functional groups attached to an aromatic ring is 1. The number of hydrogen-bond donors (Lipinski definition) is 1. The molecule has 2 aromatic rings. The quantitative estimate of drug-likeness (QED) is 0.812. The Balaban J connectivity index is 2.29. The molecule has 1 aromatic heterocycles. The summed E-state index contributed by atoms with van der Waals surface area (Å²) in [5.74, 6) is -0.510. The predicted molar refractivity (Wildman–Crippen MR) is 97.9 cm³/mol. The van der Waals surface area contributed by atoms with Gasteiger partial charge in [0.2, 0.25) is 0 Å². The van der Waals surface area contributed by atoms with Crippen LogP contribution < -0.4 is 17.0 Å². The van der Waals surface area contributed by atoms with Crippen LogP contribution in [-0.4, -0.2) is 33.4 Å². The lowest BCUT2D eigenvalue weighted by molar-refractivity contribution is 0.0923. The summed E-state index contributed by atoms with van der Waals surface area (Å²) in [4.78, 5) is 38.6. The van der Waals surface area contributed by atoms with Gasteiger partial charge in [-0.3, -0.25) is 23.6 Å². The maximum Gasteiger partial charge on any atom is 0.332 e. The Bertz CT molecular complexity index is 910. The van der Waals surface area contributed by atoms with Crippen LogP contribution in [0.15, 0.2) is 33.9 Å². The molecule has 0 saturated carbocycles. The molecular weight excluding hydrogens is 320 g/mol. The van der Waals surface area contributed by atoms with Crippen LogP contribution >= 0.6 is 0 Å². The Morgan fingerprint density at radius 1 is 1.16 bits per heavy atom. The highest BCUT2D eigenvalue weighted by Gasteiger charge is 2.23. The van der Waals surface area contributed by atoms with Gasteiger partial charge in [0.05, 0.1) is 6.54 Å². The third-order valence-electron chi connectivity index (χ3n) is 4.60. The average molecular weight is 344 g/mol. The molecule has 0 fully saturated rings. The minimum Gasteiger partial charge on any atom is -0.384 e. The van der Waals surface area contributed by atoms with Crippen LogP contribution in [-0.2, 0) is 14.1 Å². The van der Waals surface area contributed by atoms with Crippen molar-refractivity contribution >= 4 is 11.6 Å². The molecule has 1 atom stereocenters. The largest absolute Gasteiger partial charge is 0.384 e. The van der Waals surface area contributed by atoms with Crippen molar-refractivity contribution in [3.63, 3.8) is 0 Å². The van der Waals surface area contributed by atoms with Crippen molar-refractivity contribution in [2.45, 2.75) is 19.9 Å². The summed E-state index contributed by atoms with van der Waals surface area (Å²) >= 11 is 0. The number of anilines is 1.